The van der Waals surface area contributed by atoms with Crippen molar-refractivity contribution in [3.63, 3.8) is 0 Å². The van der Waals surface area contributed by atoms with Gasteiger partial charge in [0, 0.05) is 6.07 Å². The third-order valence-electron chi connectivity index (χ3n) is 5.48. The summed E-state index contributed by atoms with van der Waals surface area (Å²) in [4.78, 5) is 68.4. The fourth-order valence-corrected chi connectivity index (χ4v) is 6.82. The predicted molar refractivity (Wildman–Crippen MR) is 134 cm³/mol. The van der Waals surface area contributed by atoms with Crippen molar-refractivity contribution in [3.05, 3.63) is 50.8 Å². The molecule has 1 aliphatic rings. The third kappa shape index (κ3) is 7.38. The van der Waals surface area contributed by atoms with Crippen LogP contribution >= 0.6 is 23.5 Å². The summed E-state index contributed by atoms with van der Waals surface area (Å²) in [5.41, 5.74) is 3.30. The number of nitrogens with zero attached hydrogens (tertiary/aromatic N) is 6. The predicted octanol–water partition coefficient (Wildman–Crippen LogP) is 0.413. The molecule has 4 rings (SSSR count). The number of phosphoric ester groups is 1. The molecule has 0 spiro atoms. The van der Waals surface area contributed by atoms with E-state index in [0.717, 1.165) is 17.2 Å². The quantitative estimate of drug-likeness (QED) is 0.0850. The monoisotopic (exact) mass is 691 g/mol. The number of nitro benzene ring substituents is 2. The summed E-state index contributed by atoms with van der Waals surface area (Å²) in [5.74, 6) is -2.61. The van der Waals surface area contributed by atoms with E-state index in [9.17, 15) is 53.2 Å². The van der Waals surface area contributed by atoms with Gasteiger partial charge in [-0.2, -0.15) is 13.0 Å². The minimum atomic E-state index is -5.90. The lowest BCUT2D eigenvalue weighted by molar-refractivity contribution is -0.396. The molecule has 3 heterocycles. The molecule has 6 atom stereocenters. The smallest absolute Gasteiger partial charge is 0.476 e. The molecule has 3 aromatic rings. The number of hydrogen-bond acceptors (Lipinski definition) is 17. The molecule has 28 heteroatoms. The molecule has 24 nitrogen and oxygen atoms in total. The number of hydrogen-bond donors (Lipinski definition) is 6. The van der Waals surface area contributed by atoms with Crippen molar-refractivity contribution in [1.82, 2.24) is 19.5 Å². The highest BCUT2D eigenvalue weighted by Gasteiger charge is 2.50. The van der Waals surface area contributed by atoms with Gasteiger partial charge in [0.2, 0.25) is 11.6 Å². The van der Waals surface area contributed by atoms with Gasteiger partial charge in [0.05, 0.1) is 22.8 Å². The molecule has 7 N–H and O–H groups in total. The maximum absolute atomic E-state index is 14.4. The molecule has 0 amide bonds. The van der Waals surface area contributed by atoms with Crippen LogP contribution < -0.4 is 10.5 Å². The Balaban J connectivity index is 1.68. The fraction of sp³-hybridized carbons (Fsp3) is 0.312. The van der Waals surface area contributed by atoms with Gasteiger partial charge in [-0.25, -0.2) is 28.6 Å². The summed E-state index contributed by atoms with van der Waals surface area (Å²) in [6, 6.07) is 0.556. The number of aliphatic hydroxyl groups is 1. The van der Waals surface area contributed by atoms with Gasteiger partial charge in [0.25, 0.3) is 0 Å². The van der Waals surface area contributed by atoms with E-state index < -0.39 is 87.4 Å². The number of rotatable bonds is 12. The van der Waals surface area contributed by atoms with Crippen molar-refractivity contribution in [2.75, 3.05) is 12.3 Å². The first-order valence-electron chi connectivity index (χ1n) is 11.1. The molecule has 240 valence electrons. The Morgan fingerprint density at radius 1 is 1.02 bits per heavy atom. The molecule has 0 bridgehead atoms. The molecule has 1 aromatic carbocycles. The number of nitro groups is 2. The van der Waals surface area contributed by atoms with Crippen LogP contribution in [0.15, 0.2) is 24.8 Å². The number of nitrogen functional groups attached to an aromatic ring is 1. The minimum Gasteiger partial charge on any atom is -0.476 e. The van der Waals surface area contributed by atoms with Crippen LogP contribution in [0.5, 0.6) is 5.75 Å². The number of nitrogens with two attached hydrogens (primary N) is 1. The molecular formula is C16H17FN7O17P3. The Hall–Kier alpha value is -3.57. The number of aliphatic hydroxyl groups excluding tert-OH is 1. The van der Waals surface area contributed by atoms with Crippen LogP contribution in [0.1, 0.15) is 6.23 Å². The van der Waals surface area contributed by atoms with Crippen molar-refractivity contribution in [2.24, 2.45) is 0 Å². The zero-order chi connectivity index (χ0) is 32.8. The standard InChI is InChI=1S/C16H17FN7O17P3/c17-6-1-9(8(24(28)29)2-7(6)23(26)27)38-13-12(25)10(3-37-43(33,34)41-44(35,36)40-42(30,31)32)39-16(13)22-5-21-11-14(18)19-4-20-15(11)22/h1-2,4-5,10,12-13,16,25H,3H2,(H,33,34)(H,35,36)(H2,18,19,20)(H2,30,31,32)/t10-,12-,13-,16-/m1/s1. The number of phosphoric acid groups is 3. The van der Waals surface area contributed by atoms with Crippen molar-refractivity contribution in [2.45, 2.75) is 24.5 Å². The Kier molecular flexibility index (Phi) is 9.15. The normalized spacial score (nSPS) is 23.2. The molecule has 44 heavy (non-hydrogen) atoms. The van der Waals surface area contributed by atoms with Gasteiger partial charge in [0.1, 0.15) is 30.1 Å². The van der Waals surface area contributed by atoms with E-state index >= 15 is 0 Å². The lowest BCUT2D eigenvalue weighted by Gasteiger charge is -2.23. The molecule has 1 fully saturated rings. The Morgan fingerprint density at radius 2 is 1.68 bits per heavy atom. The Morgan fingerprint density at radius 3 is 2.30 bits per heavy atom. The van der Waals surface area contributed by atoms with Gasteiger partial charge < -0.3 is 39.9 Å². The first kappa shape index (κ1) is 33.3. The fourth-order valence-electron chi connectivity index (χ4n) is 3.79. The summed E-state index contributed by atoms with van der Waals surface area (Å²) in [6.45, 7) is -1.21. The number of imidazole rings is 1. The molecule has 2 aromatic heterocycles. The highest BCUT2D eigenvalue weighted by Crippen LogP contribution is 2.66. The SMILES string of the molecule is Nc1ncnc2c1ncn2[C@@H]1O[C@H](COP(=O)(O)OP(=O)(O)OP(=O)(O)O)[C@@H](O)[C@H]1Oc1cc(F)c([N+](=O)[O-])cc1[N+](=O)[O-]. The summed E-state index contributed by atoms with van der Waals surface area (Å²) >= 11 is 0. The minimum absolute atomic E-state index is 0.00610. The Bertz CT molecular complexity index is 1770. The summed E-state index contributed by atoms with van der Waals surface area (Å²) in [7, 11) is -17.3. The highest BCUT2D eigenvalue weighted by atomic mass is 31.3. The molecule has 0 radical (unpaired) electrons. The summed E-state index contributed by atoms with van der Waals surface area (Å²) < 4.78 is 72.9. The molecule has 1 saturated heterocycles. The van der Waals surface area contributed by atoms with Crippen molar-refractivity contribution >= 4 is 51.8 Å². The van der Waals surface area contributed by atoms with Gasteiger partial charge in [-0.3, -0.25) is 29.3 Å². The number of benzene rings is 1. The van der Waals surface area contributed by atoms with E-state index in [1.165, 1.54) is 0 Å². The van der Waals surface area contributed by atoms with Crippen LogP contribution in [-0.2, 0) is 31.6 Å². The van der Waals surface area contributed by atoms with Gasteiger partial charge >= 0.3 is 34.8 Å². The summed E-state index contributed by atoms with van der Waals surface area (Å²) in [5, 5.41) is 33.7. The zero-order valence-electron chi connectivity index (χ0n) is 20.9. The van der Waals surface area contributed by atoms with Crippen LogP contribution in [0.2, 0.25) is 0 Å². The number of halogens is 1. The van der Waals surface area contributed by atoms with E-state index in [2.05, 4.69) is 28.1 Å². The molecule has 0 aliphatic carbocycles. The molecule has 1 aliphatic heterocycles. The first-order chi connectivity index (χ1) is 20.3. The van der Waals surface area contributed by atoms with E-state index in [1.807, 2.05) is 0 Å². The van der Waals surface area contributed by atoms with Crippen molar-refractivity contribution in [1.29, 1.82) is 0 Å². The third-order valence-corrected chi connectivity index (χ3v) is 9.28. The number of ether oxygens (including phenoxy) is 2. The number of fused-ring (bicyclic) bond motifs is 1. The lowest BCUT2D eigenvalue weighted by atomic mass is 10.1. The van der Waals surface area contributed by atoms with Crippen LogP contribution in [-0.4, -0.2) is 79.0 Å². The van der Waals surface area contributed by atoms with Gasteiger partial charge in [-0.05, 0) is 0 Å². The van der Waals surface area contributed by atoms with Crippen molar-refractivity contribution < 1.29 is 75.2 Å². The second-order valence-corrected chi connectivity index (χ2v) is 12.8. The van der Waals surface area contributed by atoms with Crippen LogP contribution in [0.3, 0.4) is 0 Å². The van der Waals surface area contributed by atoms with Gasteiger partial charge in [-0.1, -0.05) is 0 Å². The van der Waals surface area contributed by atoms with Crippen LogP contribution in [0.25, 0.3) is 11.2 Å². The molecular weight excluding hydrogens is 674 g/mol. The number of anilines is 1. The van der Waals surface area contributed by atoms with Crippen molar-refractivity contribution in [3.8, 4) is 5.75 Å². The number of aromatic nitrogens is 4. The zero-order valence-corrected chi connectivity index (χ0v) is 23.6. The second-order valence-electron chi connectivity index (χ2n) is 8.39. The van der Waals surface area contributed by atoms with E-state index in [-0.39, 0.29) is 23.0 Å². The lowest BCUT2D eigenvalue weighted by Crippen LogP contribution is -2.38. The maximum atomic E-state index is 14.4. The topological polar surface area (TPSA) is 354 Å². The van der Waals surface area contributed by atoms with Gasteiger partial charge in [0.15, 0.2) is 23.8 Å². The highest BCUT2D eigenvalue weighted by molar-refractivity contribution is 7.66. The average molecular weight is 691 g/mol. The van der Waals surface area contributed by atoms with Crippen LogP contribution in [0, 0.1) is 26.0 Å². The van der Waals surface area contributed by atoms with E-state index in [4.69, 9.17) is 25.0 Å². The van der Waals surface area contributed by atoms with E-state index in [1.54, 1.807) is 0 Å². The van der Waals surface area contributed by atoms with Crippen LogP contribution in [0.4, 0.5) is 21.6 Å². The largest absolute Gasteiger partial charge is 0.490 e. The maximum Gasteiger partial charge on any atom is 0.490 e. The van der Waals surface area contributed by atoms with E-state index in [0.29, 0.717) is 6.07 Å². The molecule has 0 saturated carbocycles. The first-order valence-corrected chi connectivity index (χ1v) is 15.6. The average Bonchev–Trinajstić information content (AvgIpc) is 3.42. The second kappa shape index (κ2) is 12.1. The van der Waals surface area contributed by atoms with Gasteiger partial charge in [-0.15, -0.1) is 0 Å². The summed E-state index contributed by atoms with van der Waals surface area (Å²) in [6.07, 6.45) is -5.25. The Labute approximate surface area is 240 Å². The molecule has 2 unspecified atom stereocenters.